The monoisotopic (exact) mass is 298 g/mol. The van der Waals surface area contributed by atoms with Gasteiger partial charge in [0, 0.05) is 5.56 Å². The van der Waals surface area contributed by atoms with Crippen molar-refractivity contribution >= 4 is 17.1 Å². The van der Waals surface area contributed by atoms with Gasteiger partial charge in [-0.3, -0.25) is 0 Å². The Hall–Kier alpha value is -3.09. The SMILES string of the molecule is Cc1noc2nc(-c3ccc4c(c3)OCO4)cc(C(=O)O)c12. The molecule has 7 heteroatoms. The predicted octanol–water partition coefficient (Wildman–Crippen LogP) is 2.63. The number of carboxylic acids is 1. The minimum Gasteiger partial charge on any atom is -0.478 e. The van der Waals surface area contributed by atoms with Crippen LogP contribution in [0.5, 0.6) is 11.5 Å². The van der Waals surface area contributed by atoms with Crippen molar-refractivity contribution in [2.75, 3.05) is 6.79 Å². The Labute approximate surface area is 124 Å². The maximum absolute atomic E-state index is 11.5. The zero-order chi connectivity index (χ0) is 15.3. The lowest BCUT2D eigenvalue weighted by Crippen LogP contribution is -2.00. The van der Waals surface area contributed by atoms with Crippen molar-refractivity contribution in [3.8, 4) is 22.8 Å². The molecule has 7 nitrogen and oxygen atoms in total. The second kappa shape index (κ2) is 4.45. The Morgan fingerprint density at radius 2 is 2.05 bits per heavy atom. The number of benzene rings is 1. The van der Waals surface area contributed by atoms with Crippen LogP contribution in [0.15, 0.2) is 28.8 Å². The Morgan fingerprint density at radius 3 is 2.86 bits per heavy atom. The molecule has 0 amide bonds. The molecular formula is C15H10N2O5. The molecule has 0 saturated carbocycles. The number of aromatic nitrogens is 2. The molecule has 2 aromatic heterocycles. The Bertz CT molecular complexity index is 916. The lowest BCUT2D eigenvalue weighted by atomic mass is 10.1. The molecule has 4 rings (SSSR count). The van der Waals surface area contributed by atoms with Crippen LogP contribution in [0.1, 0.15) is 16.1 Å². The normalized spacial score (nSPS) is 12.8. The molecule has 1 N–H and O–H groups in total. The number of aromatic carboxylic acids is 1. The first-order chi connectivity index (χ1) is 10.6. The number of fused-ring (bicyclic) bond motifs is 2. The van der Waals surface area contributed by atoms with Gasteiger partial charge in [-0.15, -0.1) is 0 Å². The molecule has 0 radical (unpaired) electrons. The summed E-state index contributed by atoms with van der Waals surface area (Å²) in [4.78, 5) is 15.8. The number of carbonyl (C=O) groups is 1. The van der Waals surface area contributed by atoms with Crippen molar-refractivity contribution < 1.29 is 23.9 Å². The maximum Gasteiger partial charge on any atom is 0.336 e. The molecule has 0 spiro atoms. The second-order valence-corrected chi connectivity index (χ2v) is 4.88. The van der Waals surface area contributed by atoms with Crippen LogP contribution >= 0.6 is 0 Å². The number of carboxylic acid groups (broad SMARTS) is 1. The summed E-state index contributed by atoms with van der Waals surface area (Å²) in [6, 6.07) is 6.81. The molecule has 0 aliphatic carbocycles. The van der Waals surface area contributed by atoms with Crippen LogP contribution in [-0.2, 0) is 0 Å². The highest BCUT2D eigenvalue weighted by Crippen LogP contribution is 2.36. The van der Waals surface area contributed by atoms with E-state index in [0.717, 1.165) is 0 Å². The highest BCUT2D eigenvalue weighted by Gasteiger charge is 2.20. The number of hydrogen-bond donors (Lipinski definition) is 1. The third-order valence-electron chi connectivity index (χ3n) is 3.52. The predicted molar refractivity (Wildman–Crippen MR) is 75.1 cm³/mol. The fraction of sp³-hybridized carbons (Fsp3) is 0.133. The van der Waals surface area contributed by atoms with Crippen LogP contribution < -0.4 is 9.47 Å². The molecule has 0 atom stereocenters. The van der Waals surface area contributed by atoms with E-state index in [1.165, 1.54) is 6.07 Å². The van der Waals surface area contributed by atoms with Gasteiger partial charge in [-0.05, 0) is 31.2 Å². The summed E-state index contributed by atoms with van der Waals surface area (Å²) in [6.45, 7) is 1.85. The number of pyridine rings is 1. The maximum atomic E-state index is 11.5. The van der Waals surface area contributed by atoms with Gasteiger partial charge in [-0.2, -0.15) is 0 Å². The minimum absolute atomic E-state index is 0.108. The lowest BCUT2D eigenvalue weighted by Gasteiger charge is -2.04. The number of ether oxygens (including phenoxy) is 2. The first-order valence-electron chi connectivity index (χ1n) is 6.54. The van der Waals surface area contributed by atoms with Gasteiger partial charge in [0.05, 0.1) is 22.3 Å². The molecular weight excluding hydrogens is 288 g/mol. The highest BCUT2D eigenvalue weighted by molar-refractivity contribution is 6.03. The third-order valence-corrected chi connectivity index (χ3v) is 3.52. The van der Waals surface area contributed by atoms with Gasteiger partial charge in [-0.1, -0.05) is 5.16 Å². The summed E-state index contributed by atoms with van der Waals surface area (Å²) in [7, 11) is 0. The largest absolute Gasteiger partial charge is 0.478 e. The fourth-order valence-corrected chi connectivity index (χ4v) is 2.47. The molecule has 22 heavy (non-hydrogen) atoms. The molecule has 1 aromatic carbocycles. The topological polar surface area (TPSA) is 94.7 Å². The van der Waals surface area contributed by atoms with Crippen molar-refractivity contribution in [3.63, 3.8) is 0 Å². The van der Waals surface area contributed by atoms with Gasteiger partial charge >= 0.3 is 5.97 Å². The Kier molecular flexibility index (Phi) is 2.56. The van der Waals surface area contributed by atoms with E-state index in [1.807, 2.05) is 0 Å². The van der Waals surface area contributed by atoms with E-state index in [4.69, 9.17) is 14.0 Å². The summed E-state index contributed by atoms with van der Waals surface area (Å²) in [5.74, 6) is 0.199. The summed E-state index contributed by atoms with van der Waals surface area (Å²) in [5, 5.41) is 13.6. The van der Waals surface area contributed by atoms with Crippen LogP contribution in [0.4, 0.5) is 0 Å². The molecule has 0 fully saturated rings. The fourth-order valence-electron chi connectivity index (χ4n) is 2.47. The summed E-state index contributed by atoms with van der Waals surface area (Å²) >= 11 is 0. The Balaban J connectivity index is 1.94. The lowest BCUT2D eigenvalue weighted by molar-refractivity contribution is 0.0699. The number of aryl methyl sites for hydroxylation is 1. The van der Waals surface area contributed by atoms with Gasteiger partial charge in [0.2, 0.25) is 6.79 Å². The average Bonchev–Trinajstić information content (AvgIpc) is 3.12. The van der Waals surface area contributed by atoms with Crippen LogP contribution in [0.3, 0.4) is 0 Å². The van der Waals surface area contributed by atoms with E-state index in [1.54, 1.807) is 25.1 Å². The van der Waals surface area contributed by atoms with E-state index in [-0.39, 0.29) is 18.1 Å². The Morgan fingerprint density at radius 1 is 1.23 bits per heavy atom. The van der Waals surface area contributed by atoms with Gasteiger partial charge in [0.15, 0.2) is 11.5 Å². The van der Waals surface area contributed by atoms with Crippen LogP contribution in [0.2, 0.25) is 0 Å². The number of rotatable bonds is 2. The van der Waals surface area contributed by atoms with Gasteiger partial charge in [0.25, 0.3) is 5.71 Å². The van der Waals surface area contributed by atoms with Gasteiger partial charge < -0.3 is 19.1 Å². The molecule has 0 bridgehead atoms. The molecule has 3 aromatic rings. The van der Waals surface area contributed by atoms with E-state index < -0.39 is 5.97 Å². The van der Waals surface area contributed by atoms with Crippen LogP contribution in [0, 0.1) is 6.92 Å². The zero-order valence-electron chi connectivity index (χ0n) is 11.5. The zero-order valence-corrected chi connectivity index (χ0v) is 11.5. The average molecular weight is 298 g/mol. The van der Waals surface area contributed by atoms with E-state index in [2.05, 4.69) is 10.1 Å². The van der Waals surface area contributed by atoms with E-state index in [0.29, 0.717) is 33.8 Å². The quantitative estimate of drug-likeness (QED) is 0.777. The molecule has 1 aliphatic heterocycles. The van der Waals surface area contributed by atoms with Crippen LogP contribution in [-0.4, -0.2) is 28.0 Å². The first-order valence-corrected chi connectivity index (χ1v) is 6.54. The molecule has 0 unspecified atom stereocenters. The van der Waals surface area contributed by atoms with E-state index in [9.17, 15) is 9.90 Å². The molecule has 1 aliphatic rings. The van der Waals surface area contributed by atoms with Crippen molar-refractivity contribution in [2.24, 2.45) is 0 Å². The third kappa shape index (κ3) is 1.79. The van der Waals surface area contributed by atoms with E-state index >= 15 is 0 Å². The summed E-state index contributed by atoms with van der Waals surface area (Å²) in [5.41, 5.74) is 1.99. The van der Waals surface area contributed by atoms with Crippen molar-refractivity contribution in [3.05, 3.63) is 35.5 Å². The van der Waals surface area contributed by atoms with Crippen LogP contribution in [0.25, 0.3) is 22.4 Å². The molecule has 0 saturated heterocycles. The van der Waals surface area contributed by atoms with Crippen molar-refractivity contribution in [1.29, 1.82) is 0 Å². The highest BCUT2D eigenvalue weighted by atomic mass is 16.7. The van der Waals surface area contributed by atoms with Crippen molar-refractivity contribution in [2.45, 2.75) is 6.92 Å². The molecule has 110 valence electrons. The number of hydrogen-bond acceptors (Lipinski definition) is 6. The summed E-state index contributed by atoms with van der Waals surface area (Å²) < 4.78 is 15.7. The molecule has 3 heterocycles. The first kappa shape index (κ1) is 12.6. The summed E-state index contributed by atoms with van der Waals surface area (Å²) in [6.07, 6.45) is 0. The standard InChI is InChI=1S/C15H10N2O5/c1-7-13-9(15(18)19)5-10(16-14(13)22-17-7)8-2-3-11-12(4-8)21-6-20-11/h2-5H,6H2,1H3,(H,18,19). The second-order valence-electron chi connectivity index (χ2n) is 4.88. The van der Waals surface area contributed by atoms with Gasteiger partial charge in [-0.25, -0.2) is 9.78 Å². The smallest absolute Gasteiger partial charge is 0.336 e. The number of nitrogens with zero attached hydrogens (tertiary/aromatic N) is 2. The van der Waals surface area contributed by atoms with Crippen molar-refractivity contribution in [1.82, 2.24) is 10.1 Å². The minimum atomic E-state index is -1.05. The van der Waals surface area contributed by atoms with Gasteiger partial charge in [0.1, 0.15) is 0 Å².